The molecule has 1 aliphatic carbocycles. The van der Waals surface area contributed by atoms with Gasteiger partial charge in [0.15, 0.2) is 0 Å². The summed E-state index contributed by atoms with van der Waals surface area (Å²) in [6, 6.07) is 5.34. The van der Waals surface area contributed by atoms with E-state index in [1.807, 2.05) is 4.90 Å². The van der Waals surface area contributed by atoms with Crippen LogP contribution in [0.2, 0.25) is 0 Å². The van der Waals surface area contributed by atoms with Crippen LogP contribution in [0.5, 0.6) is 11.5 Å². The van der Waals surface area contributed by atoms with E-state index in [1.165, 1.54) is 0 Å². The van der Waals surface area contributed by atoms with Gasteiger partial charge in [-0.15, -0.1) is 0 Å². The Morgan fingerprint density at radius 2 is 1.61 bits per heavy atom. The minimum atomic E-state index is -0.0780. The van der Waals surface area contributed by atoms with Crippen molar-refractivity contribution >= 4 is 17.5 Å². The molecule has 1 aromatic rings. The monoisotopic (exact) mass is 390 g/mol. The van der Waals surface area contributed by atoms with Gasteiger partial charge in [-0.2, -0.15) is 0 Å². The van der Waals surface area contributed by atoms with Crippen LogP contribution in [0.3, 0.4) is 0 Å². The maximum atomic E-state index is 12.8. The van der Waals surface area contributed by atoms with Crippen molar-refractivity contribution in [3.05, 3.63) is 18.2 Å². The van der Waals surface area contributed by atoms with Gasteiger partial charge < -0.3 is 19.7 Å². The van der Waals surface area contributed by atoms with E-state index < -0.39 is 0 Å². The molecule has 0 saturated heterocycles. The third-order valence-corrected chi connectivity index (χ3v) is 5.41. The SMILES string of the molecule is CCCN(CCC)C(=O)C1CCC(C(=O)Nc2cc(OC)ccc2OC)CC1. The Bertz CT molecular complexity index is 648. The van der Waals surface area contributed by atoms with Crippen molar-refractivity contribution in [2.24, 2.45) is 11.8 Å². The number of carbonyl (C=O) groups is 2. The molecule has 1 fully saturated rings. The summed E-state index contributed by atoms with van der Waals surface area (Å²) in [5.41, 5.74) is 0.613. The molecule has 6 heteroatoms. The zero-order chi connectivity index (χ0) is 20.5. The molecule has 0 aliphatic heterocycles. The maximum Gasteiger partial charge on any atom is 0.227 e. The lowest BCUT2D eigenvalue weighted by atomic mass is 9.80. The Balaban J connectivity index is 1.94. The van der Waals surface area contributed by atoms with Gasteiger partial charge in [-0.3, -0.25) is 9.59 Å². The average Bonchev–Trinajstić information content (AvgIpc) is 2.73. The van der Waals surface area contributed by atoms with Gasteiger partial charge in [-0.1, -0.05) is 13.8 Å². The largest absolute Gasteiger partial charge is 0.497 e. The highest BCUT2D eigenvalue weighted by atomic mass is 16.5. The number of methoxy groups -OCH3 is 2. The van der Waals surface area contributed by atoms with Crippen molar-refractivity contribution in [3.8, 4) is 11.5 Å². The molecule has 0 aromatic heterocycles. The minimum absolute atomic E-state index is 0.0172. The zero-order valence-electron chi connectivity index (χ0n) is 17.6. The normalized spacial score (nSPS) is 19.0. The lowest BCUT2D eigenvalue weighted by molar-refractivity contribution is -0.138. The summed E-state index contributed by atoms with van der Waals surface area (Å²) in [5.74, 6) is 1.48. The molecule has 6 nitrogen and oxygen atoms in total. The second-order valence-electron chi connectivity index (χ2n) is 7.43. The Kier molecular flexibility index (Phi) is 8.61. The van der Waals surface area contributed by atoms with Crippen LogP contribution in [0.4, 0.5) is 5.69 Å². The van der Waals surface area contributed by atoms with Crippen LogP contribution in [0, 0.1) is 11.8 Å². The van der Waals surface area contributed by atoms with Crippen LogP contribution in [0.1, 0.15) is 52.4 Å². The molecule has 0 radical (unpaired) electrons. The topological polar surface area (TPSA) is 67.9 Å². The molecule has 0 heterocycles. The number of benzene rings is 1. The van der Waals surface area contributed by atoms with Gasteiger partial charge in [0.1, 0.15) is 11.5 Å². The first-order chi connectivity index (χ1) is 13.5. The fourth-order valence-corrected chi connectivity index (χ4v) is 3.88. The number of nitrogens with one attached hydrogen (secondary N) is 1. The Morgan fingerprint density at radius 3 is 2.14 bits per heavy atom. The zero-order valence-corrected chi connectivity index (χ0v) is 17.6. The highest BCUT2D eigenvalue weighted by molar-refractivity contribution is 5.94. The fraction of sp³-hybridized carbons (Fsp3) is 0.636. The number of amides is 2. The standard InChI is InChI=1S/C22H34N2O4/c1-5-13-24(14-6-2)22(26)17-9-7-16(8-10-17)21(25)23-19-15-18(27-3)11-12-20(19)28-4/h11-12,15-17H,5-10,13-14H2,1-4H3,(H,23,25). The van der Waals surface area contributed by atoms with Crippen LogP contribution in [-0.4, -0.2) is 44.0 Å². The lowest BCUT2D eigenvalue weighted by Crippen LogP contribution is -2.39. The quantitative estimate of drug-likeness (QED) is 0.689. The van der Waals surface area contributed by atoms with E-state index >= 15 is 0 Å². The van der Waals surface area contributed by atoms with Crippen LogP contribution in [0.25, 0.3) is 0 Å². The van der Waals surface area contributed by atoms with E-state index in [0.29, 0.717) is 17.2 Å². The molecule has 28 heavy (non-hydrogen) atoms. The van der Waals surface area contributed by atoms with Gasteiger partial charge >= 0.3 is 0 Å². The molecule has 156 valence electrons. The highest BCUT2D eigenvalue weighted by Crippen LogP contribution is 2.33. The smallest absolute Gasteiger partial charge is 0.227 e. The first-order valence-corrected chi connectivity index (χ1v) is 10.4. The molecule has 1 aromatic carbocycles. The van der Waals surface area contributed by atoms with Crippen LogP contribution >= 0.6 is 0 Å². The summed E-state index contributed by atoms with van der Waals surface area (Å²) < 4.78 is 10.6. The number of anilines is 1. The second-order valence-corrected chi connectivity index (χ2v) is 7.43. The maximum absolute atomic E-state index is 12.8. The van der Waals surface area contributed by atoms with Gasteiger partial charge in [-0.25, -0.2) is 0 Å². The summed E-state index contributed by atoms with van der Waals surface area (Å²) in [6.45, 7) is 5.85. The lowest BCUT2D eigenvalue weighted by Gasteiger charge is -2.31. The molecule has 0 spiro atoms. The molecule has 2 amide bonds. The number of nitrogens with zero attached hydrogens (tertiary/aromatic N) is 1. The minimum Gasteiger partial charge on any atom is -0.497 e. The van der Waals surface area contributed by atoms with Crippen molar-refractivity contribution in [1.29, 1.82) is 0 Å². The molecular formula is C22H34N2O4. The van der Waals surface area contributed by atoms with Gasteiger partial charge in [0, 0.05) is 31.0 Å². The van der Waals surface area contributed by atoms with Crippen LogP contribution in [0.15, 0.2) is 18.2 Å². The molecule has 2 rings (SSSR count). The van der Waals surface area contributed by atoms with Crippen LogP contribution in [-0.2, 0) is 9.59 Å². The third-order valence-electron chi connectivity index (χ3n) is 5.41. The summed E-state index contributed by atoms with van der Waals surface area (Å²) in [4.78, 5) is 27.5. The highest BCUT2D eigenvalue weighted by Gasteiger charge is 2.32. The van der Waals surface area contributed by atoms with Crippen LogP contribution < -0.4 is 14.8 Å². The predicted octanol–water partition coefficient (Wildman–Crippen LogP) is 4.10. The van der Waals surface area contributed by atoms with Crippen molar-refractivity contribution in [2.45, 2.75) is 52.4 Å². The van der Waals surface area contributed by atoms with E-state index in [4.69, 9.17) is 9.47 Å². The summed E-state index contributed by atoms with van der Waals surface area (Å²) >= 11 is 0. The first kappa shape index (κ1) is 22.1. The Morgan fingerprint density at radius 1 is 1.00 bits per heavy atom. The molecule has 0 bridgehead atoms. The number of hydrogen-bond acceptors (Lipinski definition) is 4. The van der Waals surface area contributed by atoms with Gasteiger partial charge in [0.05, 0.1) is 19.9 Å². The molecule has 0 atom stereocenters. The molecule has 1 saturated carbocycles. The first-order valence-electron chi connectivity index (χ1n) is 10.4. The number of ether oxygens (including phenoxy) is 2. The van der Waals surface area contributed by atoms with Crippen molar-refractivity contribution in [3.63, 3.8) is 0 Å². The molecular weight excluding hydrogens is 356 g/mol. The Hall–Kier alpha value is -2.24. The van der Waals surface area contributed by atoms with E-state index in [1.54, 1.807) is 32.4 Å². The van der Waals surface area contributed by atoms with Gasteiger partial charge in [0.2, 0.25) is 11.8 Å². The van der Waals surface area contributed by atoms with Gasteiger partial charge in [-0.05, 0) is 50.7 Å². The molecule has 0 unspecified atom stereocenters. The summed E-state index contributed by atoms with van der Waals surface area (Å²) in [7, 11) is 3.17. The Labute approximate surface area is 168 Å². The van der Waals surface area contributed by atoms with E-state index in [9.17, 15) is 9.59 Å². The second kappa shape index (κ2) is 10.9. The summed E-state index contributed by atoms with van der Waals surface area (Å²) in [6.07, 6.45) is 4.98. The van der Waals surface area contributed by atoms with Crippen molar-refractivity contribution in [2.75, 3.05) is 32.6 Å². The van der Waals surface area contributed by atoms with Crippen molar-refractivity contribution in [1.82, 2.24) is 4.90 Å². The third kappa shape index (κ3) is 5.63. The average molecular weight is 391 g/mol. The molecule has 1 aliphatic rings. The molecule has 1 N–H and O–H groups in total. The number of hydrogen-bond donors (Lipinski definition) is 1. The fourth-order valence-electron chi connectivity index (χ4n) is 3.88. The number of rotatable bonds is 9. The predicted molar refractivity (Wildman–Crippen MR) is 111 cm³/mol. The van der Waals surface area contributed by atoms with Crippen molar-refractivity contribution < 1.29 is 19.1 Å². The van der Waals surface area contributed by atoms with E-state index in [-0.39, 0.29) is 23.7 Å². The summed E-state index contributed by atoms with van der Waals surface area (Å²) in [5, 5.41) is 2.97. The van der Waals surface area contributed by atoms with E-state index in [0.717, 1.165) is 51.6 Å². The van der Waals surface area contributed by atoms with Gasteiger partial charge in [0.25, 0.3) is 0 Å². The number of carbonyl (C=O) groups excluding carboxylic acids is 2. The van der Waals surface area contributed by atoms with E-state index in [2.05, 4.69) is 19.2 Å².